The van der Waals surface area contributed by atoms with Crippen molar-refractivity contribution in [3.05, 3.63) is 54.2 Å². The minimum Gasteiger partial charge on any atom is -0.480 e. The monoisotopic (exact) mass is 567 g/mol. The summed E-state index contributed by atoms with van der Waals surface area (Å²) in [5.74, 6) is -3.09. The third kappa shape index (κ3) is 8.65. The van der Waals surface area contributed by atoms with Crippen LogP contribution in [0.15, 0.2) is 43.0 Å². The van der Waals surface area contributed by atoms with Gasteiger partial charge in [-0.25, -0.2) is 9.78 Å². The van der Waals surface area contributed by atoms with Gasteiger partial charge >= 0.3 is 5.97 Å². The second-order valence-corrected chi connectivity index (χ2v) is 10.9. The van der Waals surface area contributed by atoms with Gasteiger partial charge in [0.2, 0.25) is 17.7 Å². The van der Waals surface area contributed by atoms with Crippen molar-refractivity contribution in [2.75, 3.05) is 0 Å². The van der Waals surface area contributed by atoms with Crippen molar-refractivity contribution in [3.8, 4) is 0 Å². The molecule has 0 radical (unpaired) electrons. The van der Waals surface area contributed by atoms with E-state index >= 15 is 0 Å². The standard InChI is InChI=1S/C29H41N7O5/c1-5-17(4)25(28(39)35-24(29(40)41)11-18-13-32-22-9-7-6-8-20(18)22)36-27(38)23(10-16(2)3)34-26(37)21(30)12-19-14-31-15-33-19/h6-9,13-17,21,23-25,32H,5,10-12,30H2,1-4H3,(H,31,33)(H,34,37)(H,35,39)(H,36,38)(H,40,41). The summed E-state index contributed by atoms with van der Waals surface area (Å²) >= 11 is 0. The van der Waals surface area contributed by atoms with Crippen molar-refractivity contribution in [2.24, 2.45) is 17.6 Å². The number of carboxylic acid groups (broad SMARTS) is 1. The molecule has 0 spiro atoms. The Bertz CT molecular complexity index is 1320. The highest BCUT2D eigenvalue weighted by Crippen LogP contribution is 2.19. The zero-order chi connectivity index (χ0) is 30.1. The third-order valence-corrected chi connectivity index (χ3v) is 7.18. The van der Waals surface area contributed by atoms with Gasteiger partial charge in [0.25, 0.3) is 0 Å². The fourth-order valence-corrected chi connectivity index (χ4v) is 4.65. The molecule has 0 aliphatic heterocycles. The summed E-state index contributed by atoms with van der Waals surface area (Å²) in [6, 6.07) is 3.44. The van der Waals surface area contributed by atoms with E-state index in [1.54, 1.807) is 19.3 Å². The van der Waals surface area contributed by atoms with Crippen LogP contribution < -0.4 is 21.7 Å². The summed E-state index contributed by atoms with van der Waals surface area (Å²) in [6.45, 7) is 7.51. The lowest BCUT2D eigenvalue weighted by Gasteiger charge is -2.28. The minimum absolute atomic E-state index is 0.0540. The number of carboxylic acids is 1. The first-order valence-electron chi connectivity index (χ1n) is 13.9. The molecule has 3 rings (SSSR count). The number of aromatic amines is 2. The molecule has 2 heterocycles. The number of imidazole rings is 1. The van der Waals surface area contributed by atoms with E-state index in [9.17, 15) is 24.3 Å². The summed E-state index contributed by atoms with van der Waals surface area (Å²) in [4.78, 5) is 61.8. The highest BCUT2D eigenvalue weighted by molar-refractivity contribution is 5.94. The van der Waals surface area contributed by atoms with Gasteiger partial charge in [-0.3, -0.25) is 14.4 Å². The number of carbonyl (C=O) groups is 4. The van der Waals surface area contributed by atoms with Crippen LogP contribution in [0.1, 0.15) is 51.8 Å². The maximum absolute atomic E-state index is 13.4. The average Bonchev–Trinajstić information content (AvgIpc) is 3.60. The maximum atomic E-state index is 13.4. The molecule has 0 bridgehead atoms. The van der Waals surface area contributed by atoms with Crippen molar-refractivity contribution >= 4 is 34.6 Å². The van der Waals surface area contributed by atoms with Crippen LogP contribution >= 0.6 is 0 Å². The molecule has 12 nitrogen and oxygen atoms in total. The molecule has 0 aliphatic carbocycles. The number of para-hydroxylation sites is 1. The van der Waals surface area contributed by atoms with Crippen LogP contribution in [0.4, 0.5) is 0 Å². The van der Waals surface area contributed by atoms with Crippen LogP contribution in [-0.2, 0) is 32.0 Å². The first-order valence-corrected chi connectivity index (χ1v) is 13.9. The summed E-state index contributed by atoms with van der Waals surface area (Å²) in [5.41, 5.74) is 8.37. The molecule has 5 unspecified atom stereocenters. The van der Waals surface area contributed by atoms with Crippen LogP contribution in [-0.4, -0.2) is 67.9 Å². The number of nitrogens with zero attached hydrogens (tertiary/aromatic N) is 1. The van der Waals surface area contributed by atoms with E-state index < -0.39 is 47.9 Å². The molecule has 3 aromatic rings. The number of aliphatic carboxylic acids is 1. The van der Waals surface area contributed by atoms with E-state index in [1.165, 1.54) is 6.33 Å². The Kier molecular flexibility index (Phi) is 11.0. The number of aromatic nitrogens is 3. The number of rotatable bonds is 15. The van der Waals surface area contributed by atoms with Crippen molar-refractivity contribution in [2.45, 2.75) is 77.5 Å². The van der Waals surface area contributed by atoms with Gasteiger partial charge in [0.1, 0.15) is 18.1 Å². The van der Waals surface area contributed by atoms with E-state index in [0.717, 1.165) is 16.5 Å². The van der Waals surface area contributed by atoms with Crippen LogP contribution in [0.25, 0.3) is 10.9 Å². The van der Waals surface area contributed by atoms with Crippen molar-refractivity contribution in [1.29, 1.82) is 0 Å². The Morgan fingerprint density at radius 1 is 0.951 bits per heavy atom. The van der Waals surface area contributed by atoms with Gasteiger partial charge in [-0.2, -0.15) is 0 Å². The van der Waals surface area contributed by atoms with E-state index in [4.69, 9.17) is 5.73 Å². The number of benzene rings is 1. The molecule has 3 amide bonds. The first-order chi connectivity index (χ1) is 19.5. The number of carbonyl (C=O) groups excluding carboxylic acids is 3. The van der Waals surface area contributed by atoms with Crippen molar-refractivity contribution in [1.82, 2.24) is 30.9 Å². The van der Waals surface area contributed by atoms with E-state index in [2.05, 4.69) is 30.9 Å². The fraction of sp³-hybridized carbons (Fsp3) is 0.483. The topological polar surface area (TPSA) is 195 Å². The Hall–Kier alpha value is -4.19. The SMILES string of the molecule is CCC(C)C(NC(=O)C(CC(C)C)NC(=O)C(N)Cc1cnc[nH]1)C(=O)NC(Cc1c[nH]c2ccccc12)C(=O)O. The lowest BCUT2D eigenvalue weighted by Crippen LogP contribution is -2.59. The van der Waals surface area contributed by atoms with Gasteiger partial charge in [0.15, 0.2) is 0 Å². The second-order valence-electron chi connectivity index (χ2n) is 10.9. The summed E-state index contributed by atoms with van der Waals surface area (Å²) in [5, 5.41) is 18.9. The molecular formula is C29H41N7O5. The molecule has 0 fully saturated rings. The molecule has 2 aromatic heterocycles. The Morgan fingerprint density at radius 3 is 2.29 bits per heavy atom. The smallest absolute Gasteiger partial charge is 0.326 e. The summed E-state index contributed by atoms with van der Waals surface area (Å²) in [7, 11) is 0. The minimum atomic E-state index is -1.21. The Balaban J connectivity index is 1.72. The lowest BCUT2D eigenvalue weighted by atomic mass is 9.96. The fourth-order valence-electron chi connectivity index (χ4n) is 4.65. The molecule has 1 aromatic carbocycles. The molecule has 0 aliphatic rings. The molecule has 5 atom stereocenters. The van der Waals surface area contributed by atoms with Gasteiger partial charge < -0.3 is 36.8 Å². The summed E-state index contributed by atoms with van der Waals surface area (Å²) < 4.78 is 0. The quantitative estimate of drug-likeness (QED) is 0.145. The molecule has 8 N–H and O–H groups in total. The largest absolute Gasteiger partial charge is 0.480 e. The average molecular weight is 568 g/mol. The number of hydrogen-bond donors (Lipinski definition) is 7. The normalized spacial score (nSPS) is 15.1. The molecular weight excluding hydrogens is 526 g/mol. The lowest BCUT2D eigenvalue weighted by molar-refractivity contribution is -0.142. The summed E-state index contributed by atoms with van der Waals surface area (Å²) in [6.07, 6.45) is 5.95. The molecule has 222 valence electrons. The highest BCUT2D eigenvalue weighted by Gasteiger charge is 2.33. The van der Waals surface area contributed by atoms with E-state index in [-0.39, 0.29) is 24.7 Å². The van der Waals surface area contributed by atoms with Crippen LogP contribution in [0, 0.1) is 11.8 Å². The highest BCUT2D eigenvalue weighted by atomic mass is 16.4. The van der Waals surface area contributed by atoms with Gasteiger partial charge in [0, 0.05) is 41.8 Å². The number of amides is 3. The Labute approximate surface area is 239 Å². The van der Waals surface area contributed by atoms with Gasteiger partial charge in [-0.05, 0) is 29.9 Å². The molecule has 0 saturated carbocycles. The van der Waals surface area contributed by atoms with Gasteiger partial charge in [0.05, 0.1) is 12.4 Å². The predicted octanol–water partition coefficient (Wildman–Crippen LogP) is 1.63. The predicted molar refractivity (Wildman–Crippen MR) is 155 cm³/mol. The number of H-pyrrole nitrogens is 2. The van der Waals surface area contributed by atoms with Crippen LogP contribution in [0.5, 0.6) is 0 Å². The van der Waals surface area contributed by atoms with E-state index in [1.807, 2.05) is 45.0 Å². The van der Waals surface area contributed by atoms with Crippen LogP contribution in [0.2, 0.25) is 0 Å². The maximum Gasteiger partial charge on any atom is 0.326 e. The van der Waals surface area contributed by atoms with Crippen molar-refractivity contribution in [3.63, 3.8) is 0 Å². The third-order valence-electron chi connectivity index (χ3n) is 7.18. The zero-order valence-corrected chi connectivity index (χ0v) is 23.9. The molecule has 12 heteroatoms. The number of nitrogens with one attached hydrogen (secondary N) is 5. The van der Waals surface area contributed by atoms with Gasteiger partial charge in [-0.15, -0.1) is 0 Å². The molecule has 41 heavy (non-hydrogen) atoms. The number of hydrogen-bond acceptors (Lipinski definition) is 6. The zero-order valence-electron chi connectivity index (χ0n) is 23.9. The number of nitrogens with two attached hydrogens (primary N) is 1. The van der Waals surface area contributed by atoms with Crippen LogP contribution in [0.3, 0.4) is 0 Å². The molecule has 0 saturated heterocycles. The number of fused-ring (bicyclic) bond motifs is 1. The van der Waals surface area contributed by atoms with E-state index in [0.29, 0.717) is 18.5 Å². The second kappa shape index (κ2) is 14.4. The van der Waals surface area contributed by atoms with Gasteiger partial charge in [-0.1, -0.05) is 52.3 Å². The first kappa shape index (κ1) is 31.3. The van der Waals surface area contributed by atoms with Crippen molar-refractivity contribution < 1.29 is 24.3 Å². The Morgan fingerprint density at radius 2 is 1.66 bits per heavy atom.